The first-order valence-corrected chi connectivity index (χ1v) is 9.83. The van der Waals surface area contributed by atoms with Crippen LogP contribution in [0.4, 0.5) is 4.79 Å². The predicted molar refractivity (Wildman–Crippen MR) is 108 cm³/mol. The van der Waals surface area contributed by atoms with Crippen molar-refractivity contribution in [2.24, 2.45) is 0 Å². The molecule has 1 aromatic carbocycles. The van der Waals surface area contributed by atoms with Gasteiger partial charge >= 0.3 is 6.09 Å². The minimum Gasteiger partial charge on any atom is -0.444 e. The second-order valence-electron chi connectivity index (χ2n) is 8.32. The number of ether oxygens (including phenoxy) is 1. The summed E-state index contributed by atoms with van der Waals surface area (Å²) in [4.78, 5) is 27.7. The molecule has 7 nitrogen and oxygen atoms in total. The zero-order chi connectivity index (χ0) is 20.7. The Morgan fingerprint density at radius 1 is 1.14 bits per heavy atom. The molecule has 0 radical (unpaired) electrons. The summed E-state index contributed by atoms with van der Waals surface area (Å²) in [6.07, 6.45) is -0.778. The molecule has 0 aromatic heterocycles. The van der Waals surface area contributed by atoms with Crippen LogP contribution in [0.3, 0.4) is 0 Å². The van der Waals surface area contributed by atoms with Crippen molar-refractivity contribution in [2.45, 2.75) is 51.9 Å². The van der Waals surface area contributed by atoms with Crippen LogP contribution in [0.15, 0.2) is 30.3 Å². The van der Waals surface area contributed by atoms with Gasteiger partial charge in [0.05, 0.1) is 12.1 Å². The van der Waals surface area contributed by atoms with E-state index in [9.17, 15) is 14.7 Å². The van der Waals surface area contributed by atoms with Crippen molar-refractivity contribution < 1.29 is 19.4 Å². The van der Waals surface area contributed by atoms with Gasteiger partial charge in [-0.1, -0.05) is 30.3 Å². The van der Waals surface area contributed by atoms with Crippen molar-refractivity contribution in [3.05, 3.63) is 35.9 Å². The third-order valence-electron chi connectivity index (χ3n) is 4.73. The van der Waals surface area contributed by atoms with Crippen molar-refractivity contribution in [1.82, 2.24) is 15.1 Å². The minimum atomic E-state index is -0.753. The Labute approximate surface area is 167 Å². The summed E-state index contributed by atoms with van der Waals surface area (Å²) in [5.74, 6) is 0.0775. The Kier molecular flexibility index (Phi) is 7.83. The van der Waals surface area contributed by atoms with E-state index in [0.717, 1.165) is 5.56 Å². The highest BCUT2D eigenvalue weighted by molar-refractivity contribution is 5.73. The summed E-state index contributed by atoms with van der Waals surface area (Å²) in [5, 5.41) is 13.7. The zero-order valence-corrected chi connectivity index (χ0v) is 17.4. The van der Waals surface area contributed by atoms with E-state index in [1.165, 1.54) is 0 Å². The molecule has 1 heterocycles. The lowest BCUT2D eigenvalue weighted by molar-refractivity contribution is -0.130. The highest BCUT2D eigenvalue weighted by atomic mass is 16.6. The van der Waals surface area contributed by atoms with Gasteiger partial charge in [-0.25, -0.2) is 4.79 Å². The first kappa shape index (κ1) is 22.2. The van der Waals surface area contributed by atoms with Gasteiger partial charge in [0.25, 0.3) is 0 Å². The maximum atomic E-state index is 12.3. The molecular weight excluding hydrogens is 358 g/mol. The lowest BCUT2D eigenvalue weighted by Crippen LogP contribution is -2.54. The number of aliphatic hydroxyl groups is 1. The number of rotatable bonds is 6. The monoisotopic (exact) mass is 391 g/mol. The van der Waals surface area contributed by atoms with Gasteiger partial charge in [-0.05, 0) is 32.8 Å². The molecule has 1 saturated heterocycles. The fourth-order valence-corrected chi connectivity index (χ4v) is 3.25. The summed E-state index contributed by atoms with van der Waals surface area (Å²) >= 11 is 0. The number of hydrogen-bond acceptors (Lipinski definition) is 5. The van der Waals surface area contributed by atoms with Crippen molar-refractivity contribution in [1.29, 1.82) is 0 Å². The molecule has 0 aliphatic carbocycles. The van der Waals surface area contributed by atoms with E-state index in [2.05, 4.69) is 10.2 Å². The normalized spacial score (nSPS) is 17.7. The van der Waals surface area contributed by atoms with E-state index in [1.807, 2.05) is 56.0 Å². The van der Waals surface area contributed by atoms with Crippen LogP contribution in [-0.4, -0.2) is 77.4 Å². The van der Waals surface area contributed by atoms with E-state index < -0.39 is 23.8 Å². The molecule has 2 amide bonds. The molecule has 28 heavy (non-hydrogen) atoms. The van der Waals surface area contributed by atoms with Crippen LogP contribution < -0.4 is 5.32 Å². The first-order valence-electron chi connectivity index (χ1n) is 9.83. The number of nitrogens with zero attached hydrogens (tertiary/aromatic N) is 2. The Hall–Kier alpha value is -2.12. The lowest BCUT2D eigenvalue weighted by Gasteiger charge is -2.36. The van der Waals surface area contributed by atoms with Crippen molar-refractivity contribution >= 4 is 12.0 Å². The van der Waals surface area contributed by atoms with Crippen LogP contribution in [0, 0.1) is 0 Å². The third kappa shape index (κ3) is 7.48. The quantitative estimate of drug-likeness (QED) is 0.771. The first-order chi connectivity index (χ1) is 13.1. The topological polar surface area (TPSA) is 82.1 Å². The molecule has 2 N–H and O–H groups in total. The molecular formula is C21H33N3O4. The fourth-order valence-electron chi connectivity index (χ4n) is 3.25. The second kappa shape index (κ2) is 9.89. The van der Waals surface area contributed by atoms with E-state index in [0.29, 0.717) is 39.1 Å². The average molecular weight is 392 g/mol. The standard InChI is InChI=1S/C21H33N3O4/c1-16(25)24-12-10-23(11-13-24)15-19(26)18(14-17-8-6-5-7-9-17)22-20(27)28-21(2,3)4/h5-9,18-19,26H,10-15H2,1-4H3,(H,22,27)/t18-,19+/m0/s1. The number of carbonyl (C=O) groups is 2. The Balaban J connectivity index is 1.99. The average Bonchev–Trinajstić information content (AvgIpc) is 2.61. The smallest absolute Gasteiger partial charge is 0.407 e. The van der Waals surface area contributed by atoms with Gasteiger partial charge in [0.15, 0.2) is 0 Å². The van der Waals surface area contributed by atoms with E-state index >= 15 is 0 Å². The number of amides is 2. The van der Waals surface area contributed by atoms with E-state index in [4.69, 9.17) is 4.74 Å². The zero-order valence-electron chi connectivity index (χ0n) is 17.4. The molecule has 2 rings (SSSR count). The largest absolute Gasteiger partial charge is 0.444 e. The number of nitrogens with one attached hydrogen (secondary N) is 1. The maximum Gasteiger partial charge on any atom is 0.407 e. The van der Waals surface area contributed by atoms with Crippen LogP contribution in [-0.2, 0) is 16.0 Å². The number of alkyl carbamates (subject to hydrolysis) is 1. The van der Waals surface area contributed by atoms with Gasteiger partial charge in [0, 0.05) is 39.6 Å². The molecule has 7 heteroatoms. The Bertz CT molecular complexity index is 637. The summed E-state index contributed by atoms with van der Waals surface area (Å²) in [5.41, 5.74) is 0.430. The molecule has 0 bridgehead atoms. The van der Waals surface area contributed by atoms with Crippen molar-refractivity contribution in [3.8, 4) is 0 Å². The van der Waals surface area contributed by atoms with Crippen LogP contribution >= 0.6 is 0 Å². The lowest BCUT2D eigenvalue weighted by atomic mass is 10.0. The van der Waals surface area contributed by atoms with Gasteiger partial charge in [0.1, 0.15) is 5.60 Å². The Morgan fingerprint density at radius 2 is 1.75 bits per heavy atom. The molecule has 1 aliphatic heterocycles. The van der Waals surface area contributed by atoms with Crippen LogP contribution in [0.1, 0.15) is 33.3 Å². The highest BCUT2D eigenvalue weighted by Gasteiger charge is 2.28. The number of benzene rings is 1. The highest BCUT2D eigenvalue weighted by Crippen LogP contribution is 2.12. The van der Waals surface area contributed by atoms with E-state index in [1.54, 1.807) is 6.92 Å². The van der Waals surface area contributed by atoms with Gasteiger partial charge in [-0.2, -0.15) is 0 Å². The van der Waals surface area contributed by atoms with Crippen LogP contribution in [0.5, 0.6) is 0 Å². The SMILES string of the molecule is CC(=O)N1CCN(C[C@@H](O)[C@H](Cc2ccccc2)NC(=O)OC(C)(C)C)CC1. The Morgan fingerprint density at radius 3 is 2.29 bits per heavy atom. The molecule has 1 fully saturated rings. The number of carbonyl (C=O) groups excluding carboxylic acids is 2. The summed E-state index contributed by atoms with van der Waals surface area (Å²) in [6.45, 7) is 10.2. The number of piperazine rings is 1. The van der Waals surface area contributed by atoms with Gasteiger partial charge in [-0.15, -0.1) is 0 Å². The van der Waals surface area contributed by atoms with Crippen molar-refractivity contribution in [2.75, 3.05) is 32.7 Å². The predicted octanol–water partition coefficient (Wildman–Crippen LogP) is 1.65. The molecule has 0 spiro atoms. The number of β-amino-alcohol motifs (C(OH)–C–C–N with tert-alkyl or cyclic N) is 1. The number of aliphatic hydroxyl groups excluding tert-OH is 1. The molecule has 0 unspecified atom stereocenters. The fraction of sp³-hybridized carbons (Fsp3) is 0.619. The van der Waals surface area contributed by atoms with Crippen LogP contribution in [0.2, 0.25) is 0 Å². The summed E-state index contributed by atoms with van der Waals surface area (Å²) < 4.78 is 5.37. The summed E-state index contributed by atoms with van der Waals surface area (Å²) in [6, 6.07) is 9.29. The molecule has 0 saturated carbocycles. The maximum absolute atomic E-state index is 12.3. The molecule has 2 atom stereocenters. The minimum absolute atomic E-state index is 0.0775. The van der Waals surface area contributed by atoms with Crippen LogP contribution in [0.25, 0.3) is 0 Å². The van der Waals surface area contributed by atoms with Gasteiger partial charge in [0.2, 0.25) is 5.91 Å². The van der Waals surface area contributed by atoms with Gasteiger partial charge < -0.3 is 20.1 Å². The number of hydrogen-bond donors (Lipinski definition) is 2. The second-order valence-corrected chi connectivity index (χ2v) is 8.32. The van der Waals surface area contributed by atoms with Gasteiger partial charge in [-0.3, -0.25) is 9.69 Å². The van der Waals surface area contributed by atoms with E-state index in [-0.39, 0.29) is 5.91 Å². The molecule has 1 aromatic rings. The molecule has 1 aliphatic rings. The summed E-state index contributed by atoms with van der Waals surface area (Å²) in [7, 11) is 0. The third-order valence-corrected chi connectivity index (χ3v) is 4.73. The molecule has 156 valence electrons. The van der Waals surface area contributed by atoms with Crippen molar-refractivity contribution in [3.63, 3.8) is 0 Å².